The van der Waals surface area contributed by atoms with Crippen molar-refractivity contribution in [1.29, 1.82) is 0 Å². The van der Waals surface area contributed by atoms with Gasteiger partial charge in [-0.05, 0) is 55.8 Å². The Balaban J connectivity index is 1.68. The Bertz CT molecular complexity index is 1120. The first-order valence-corrected chi connectivity index (χ1v) is 10.8. The Morgan fingerprint density at radius 1 is 0.933 bits per heavy atom. The van der Waals surface area contributed by atoms with E-state index >= 15 is 0 Å². The summed E-state index contributed by atoms with van der Waals surface area (Å²) in [4.78, 5) is 8.63. The van der Waals surface area contributed by atoms with Gasteiger partial charge in [0.25, 0.3) is 0 Å². The largest absolute Gasteiger partial charge is 0.354 e. The summed E-state index contributed by atoms with van der Waals surface area (Å²) >= 11 is 0. The zero-order valence-corrected chi connectivity index (χ0v) is 17.2. The summed E-state index contributed by atoms with van der Waals surface area (Å²) in [5.74, 6) is -1.09. The zero-order chi connectivity index (χ0) is 21.7. The lowest BCUT2D eigenvalue weighted by Gasteiger charge is -2.11. The number of halogens is 2. The molecule has 0 saturated heterocycles. The molecule has 3 aromatic rings. The van der Waals surface area contributed by atoms with Gasteiger partial charge in [-0.3, -0.25) is 4.72 Å². The van der Waals surface area contributed by atoms with E-state index in [0.29, 0.717) is 35.8 Å². The van der Waals surface area contributed by atoms with Gasteiger partial charge in [-0.1, -0.05) is 0 Å². The van der Waals surface area contributed by atoms with Crippen molar-refractivity contribution in [3.8, 4) is 0 Å². The van der Waals surface area contributed by atoms with Crippen LogP contribution in [-0.2, 0) is 15.8 Å². The van der Waals surface area contributed by atoms with Crippen LogP contribution in [0.5, 0.6) is 0 Å². The highest BCUT2D eigenvalue weighted by Gasteiger charge is 2.14. The molecule has 1 heterocycles. The predicted molar refractivity (Wildman–Crippen MR) is 113 cm³/mol. The van der Waals surface area contributed by atoms with Crippen molar-refractivity contribution in [3.05, 3.63) is 71.4 Å². The van der Waals surface area contributed by atoms with Gasteiger partial charge in [-0.15, -0.1) is 0 Å². The van der Waals surface area contributed by atoms with Crippen LogP contribution in [0.2, 0.25) is 0 Å². The van der Waals surface area contributed by atoms with Crippen molar-refractivity contribution in [2.75, 3.05) is 21.9 Å². The van der Waals surface area contributed by atoms with E-state index in [2.05, 4.69) is 25.3 Å². The number of benzene rings is 2. The molecule has 2 aromatic carbocycles. The van der Waals surface area contributed by atoms with Crippen LogP contribution in [0.3, 0.4) is 0 Å². The number of anilines is 4. The molecule has 0 aliphatic carbocycles. The molecule has 0 aliphatic heterocycles. The molecule has 3 rings (SSSR count). The van der Waals surface area contributed by atoms with Crippen molar-refractivity contribution in [2.24, 2.45) is 0 Å². The lowest BCUT2D eigenvalue weighted by atomic mass is 10.2. The van der Waals surface area contributed by atoms with Crippen molar-refractivity contribution in [1.82, 2.24) is 9.97 Å². The first-order valence-electron chi connectivity index (χ1n) is 9.14. The maximum atomic E-state index is 13.3. The molecule has 0 unspecified atom stereocenters. The van der Waals surface area contributed by atoms with Gasteiger partial charge in [0.15, 0.2) is 0 Å². The van der Waals surface area contributed by atoms with E-state index in [9.17, 15) is 17.2 Å². The average Bonchev–Trinajstić information content (AvgIpc) is 2.61. The van der Waals surface area contributed by atoms with Gasteiger partial charge < -0.3 is 10.6 Å². The third-order valence-electron chi connectivity index (χ3n) is 3.90. The topological polar surface area (TPSA) is 96.0 Å². The van der Waals surface area contributed by atoms with E-state index in [1.54, 1.807) is 30.3 Å². The van der Waals surface area contributed by atoms with E-state index in [-0.39, 0.29) is 5.56 Å². The second-order valence-electron chi connectivity index (χ2n) is 6.59. The quantitative estimate of drug-likeness (QED) is 0.493. The molecule has 158 valence electrons. The molecule has 1 aromatic heterocycles. The van der Waals surface area contributed by atoms with Crippen LogP contribution in [0.4, 0.5) is 31.9 Å². The number of rotatable bonds is 8. The zero-order valence-electron chi connectivity index (χ0n) is 16.4. The molecule has 7 nitrogen and oxygen atoms in total. The Kier molecular flexibility index (Phi) is 6.46. The van der Waals surface area contributed by atoms with Gasteiger partial charge in [0.1, 0.15) is 17.5 Å². The third-order valence-corrected chi connectivity index (χ3v) is 5.16. The Morgan fingerprint density at radius 3 is 2.20 bits per heavy atom. The van der Waals surface area contributed by atoms with Crippen LogP contribution in [0.1, 0.15) is 18.2 Å². The van der Waals surface area contributed by atoms with E-state index in [4.69, 9.17) is 0 Å². The average molecular weight is 433 g/mol. The smallest absolute Gasteiger partial charge is 0.236 e. The number of sulfonamides is 1. The summed E-state index contributed by atoms with van der Waals surface area (Å²) in [5, 5.41) is 6.18. The number of nitrogens with one attached hydrogen (secondary N) is 3. The number of aromatic nitrogens is 2. The maximum Gasteiger partial charge on any atom is 0.236 e. The highest BCUT2D eigenvalue weighted by molar-refractivity contribution is 7.91. The highest BCUT2D eigenvalue weighted by Crippen LogP contribution is 2.21. The van der Waals surface area contributed by atoms with Crippen LogP contribution in [0.15, 0.2) is 48.5 Å². The molecule has 0 aliphatic rings. The lowest BCUT2D eigenvalue weighted by Crippen LogP contribution is -2.15. The van der Waals surface area contributed by atoms with E-state index in [0.717, 1.165) is 17.8 Å². The minimum atomic E-state index is -3.84. The molecule has 0 fully saturated rings. The second kappa shape index (κ2) is 9.04. The normalized spacial score (nSPS) is 11.2. The number of aryl methyl sites for hydroxylation is 1. The van der Waals surface area contributed by atoms with E-state index in [1.165, 1.54) is 0 Å². The molecule has 10 heteroatoms. The van der Waals surface area contributed by atoms with Crippen LogP contribution in [0, 0.1) is 18.6 Å². The summed E-state index contributed by atoms with van der Waals surface area (Å²) < 4.78 is 53.6. The molecule has 3 N–H and O–H groups in total. The fraction of sp³-hybridized carbons (Fsp3) is 0.200. The van der Waals surface area contributed by atoms with Crippen molar-refractivity contribution in [2.45, 2.75) is 19.6 Å². The van der Waals surface area contributed by atoms with E-state index < -0.39 is 27.4 Å². The van der Waals surface area contributed by atoms with Crippen molar-refractivity contribution < 1.29 is 17.2 Å². The SMILES string of the molecule is CCNc1nc(C)cc(Nc2ccc(NS(=O)(=O)Cc3cc(F)cc(F)c3)cc2)n1. The molecule has 0 amide bonds. The van der Waals surface area contributed by atoms with E-state index in [1.807, 2.05) is 13.8 Å². The second-order valence-corrected chi connectivity index (χ2v) is 8.31. The van der Waals surface area contributed by atoms with Crippen molar-refractivity contribution in [3.63, 3.8) is 0 Å². The van der Waals surface area contributed by atoms with Crippen LogP contribution >= 0.6 is 0 Å². The lowest BCUT2D eigenvalue weighted by molar-refractivity contribution is 0.579. The highest BCUT2D eigenvalue weighted by atomic mass is 32.2. The van der Waals surface area contributed by atoms with Gasteiger partial charge >= 0.3 is 0 Å². The molecule has 0 spiro atoms. The standard InChI is InChI=1S/C20H21F2N5O2S/c1-3-23-20-24-13(2)8-19(26-20)25-17-4-6-18(7-5-17)27-30(28,29)12-14-9-15(21)11-16(22)10-14/h4-11,27H,3,12H2,1-2H3,(H2,23,24,25,26). The maximum absolute atomic E-state index is 13.3. The van der Waals surface area contributed by atoms with Gasteiger partial charge in [0.2, 0.25) is 16.0 Å². The summed E-state index contributed by atoms with van der Waals surface area (Å²) in [6.07, 6.45) is 0. The minimum Gasteiger partial charge on any atom is -0.354 e. The van der Waals surface area contributed by atoms with Gasteiger partial charge in [0.05, 0.1) is 5.75 Å². The minimum absolute atomic E-state index is 0.0221. The molecular weight excluding hydrogens is 412 g/mol. The molecule has 0 bridgehead atoms. The summed E-state index contributed by atoms with van der Waals surface area (Å²) in [5.41, 5.74) is 1.84. The Morgan fingerprint density at radius 2 is 1.57 bits per heavy atom. The van der Waals surface area contributed by atoms with Crippen LogP contribution in [-0.4, -0.2) is 24.9 Å². The third kappa shape index (κ3) is 6.11. The Hall–Kier alpha value is -3.27. The summed E-state index contributed by atoms with van der Waals surface area (Å²) in [6, 6.07) is 11.0. The van der Waals surface area contributed by atoms with Gasteiger partial charge in [-0.25, -0.2) is 22.2 Å². The Labute approximate surface area is 173 Å². The first-order chi connectivity index (χ1) is 14.2. The predicted octanol–water partition coefficient (Wildman–Crippen LogP) is 4.18. The molecular formula is C20H21F2N5O2S. The molecule has 0 atom stereocenters. The summed E-state index contributed by atoms with van der Waals surface area (Å²) in [7, 11) is -3.84. The monoisotopic (exact) mass is 433 g/mol. The van der Waals surface area contributed by atoms with Gasteiger partial charge in [0, 0.05) is 35.7 Å². The first kappa shape index (κ1) is 21.4. The molecule has 30 heavy (non-hydrogen) atoms. The number of hydrogen-bond acceptors (Lipinski definition) is 6. The van der Waals surface area contributed by atoms with Gasteiger partial charge in [-0.2, -0.15) is 4.98 Å². The molecule has 0 radical (unpaired) electrons. The molecule has 0 saturated carbocycles. The fourth-order valence-electron chi connectivity index (χ4n) is 2.77. The fourth-order valence-corrected chi connectivity index (χ4v) is 3.94. The summed E-state index contributed by atoms with van der Waals surface area (Å²) in [6.45, 7) is 4.50. The van der Waals surface area contributed by atoms with Crippen LogP contribution < -0.4 is 15.4 Å². The number of hydrogen-bond donors (Lipinski definition) is 3. The number of nitrogens with zero attached hydrogens (tertiary/aromatic N) is 2. The van der Waals surface area contributed by atoms with Crippen LogP contribution in [0.25, 0.3) is 0 Å². The van der Waals surface area contributed by atoms with Crippen molar-refractivity contribution >= 4 is 33.2 Å².